The Bertz CT molecular complexity index is 1310. The molecule has 0 amide bonds. The van der Waals surface area contributed by atoms with E-state index in [2.05, 4.69) is 0 Å². The molecule has 6 heteroatoms. The minimum atomic E-state index is -3.84. The number of fused-ring (bicyclic) bond motifs is 2. The lowest BCUT2D eigenvalue weighted by Gasteiger charge is -1.96. The van der Waals surface area contributed by atoms with E-state index < -0.39 is 15.6 Å². The Morgan fingerprint density at radius 3 is 2.26 bits per heavy atom. The van der Waals surface area contributed by atoms with Crippen LogP contribution >= 0.6 is 0 Å². The molecule has 5 nitrogen and oxygen atoms in total. The maximum absolute atomic E-state index is 12.6. The van der Waals surface area contributed by atoms with Crippen LogP contribution < -0.4 is 0 Å². The molecule has 4 aromatic rings. The van der Waals surface area contributed by atoms with Gasteiger partial charge in [-0.15, -0.1) is 0 Å². The first kappa shape index (κ1) is 15.8. The van der Waals surface area contributed by atoms with Crippen molar-refractivity contribution >= 4 is 32.9 Å². The number of allylic oxidation sites excluding steroid dienone is 1. The van der Waals surface area contributed by atoms with Crippen molar-refractivity contribution in [2.75, 3.05) is 0 Å². The number of carbonyl (C=O) groups is 1. The maximum Gasteiger partial charge on any atom is 0.211 e. The molecule has 0 saturated heterocycles. The van der Waals surface area contributed by atoms with E-state index in [-0.39, 0.29) is 21.1 Å². The Balaban J connectivity index is 1.57. The van der Waals surface area contributed by atoms with Crippen LogP contribution in [0.4, 0.5) is 0 Å². The summed E-state index contributed by atoms with van der Waals surface area (Å²) in [5.74, 6) is 0.382. The predicted octanol–water partition coefficient (Wildman–Crippen LogP) is 4.70. The molecule has 0 unspecified atom stereocenters. The van der Waals surface area contributed by atoms with Crippen LogP contribution in [0.2, 0.25) is 0 Å². The summed E-state index contributed by atoms with van der Waals surface area (Å²) >= 11 is 0. The molecule has 0 aliphatic carbocycles. The van der Waals surface area contributed by atoms with E-state index in [9.17, 15) is 13.2 Å². The fourth-order valence-electron chi connectivity index (χ4n) is 3.20. The minimum absolute atomic E-state index is 0.0304. The third-order valence-electron chi connectivity index (χ3n) is 4.49. The molecule has 0 spiro atoms. The number of sulfone groups is 1. The fraction of sp³-hybridized carbons (Fsp3) is 0. The van der Waals surface area contributed by atoms with E-state index >= 15 is 0 Å². The number of hydrogen-bond acceptors (Lipinski definition) is 5. The van der Waals surface area contributed by atoms with Crippen molar-refractivity contribution in [2.45, 2.75) is 4.90 Å². The monoisotopic (exact) mass is 376 g/mol. The molecular formula is C21H12O5S. The normalized spacial score (nSPS) is 16.9. The second kappa shape index (κ2) is 5.56. The zero-order chi connectivity index (χ0) is 18.6. The van der Waals surface area contributed by atoms with Crippen molar-refractivity contribution in [1.29, 1.82) is 0 Å². The second-order valence-electron chi connectivity index (χ2n) is 6.19. The molecule has 2 aromatic heterocycles. The van der Waals surface area contributed by atoms with Gasteiger partial charge in [-0.2, -0.15) is 0 Å². The van der Waals surface area contributed by atoms with Gasteiger partial charge in [-0.05, 0) is 12.1 Å². The summed E-state index contributed by atoms with van der Waals surface area (Å²) in [6.45, 7) is 0. The number of hydrogen-bond donors (Lipinski definition) is 0. The Morgan fingerprint density at radius 1 is 0.815 bits per heavy atom. The van der Waals surface area contributed by atoms with Gasteiger partial charge in [0.2, 0.25) is 15.6 Å². The van der Waals surface area contributed by atoms with Gasteiger partial charge in [-0.1, -0.05) is 42.5 Å². The third kappa shape index (κ3) is 2.38. The molecule has 1 aliphatic rings. The fourth-order valence-corrected chi connectivity index (χ4v) is 4.77. The highest BCUT2D eigenvalue weighted by molar-refractivity contribution is 7.97. The first-order valence-electron chi connectivity index (χ1n) is 8.23. The average Bonchev–Trinajstić information content (AvgIpc) is 3.29. The van der Waals surface area contributed by atoms with Crippen molar-refractivity contribution in [2.24, 2.45) is 0 Å². The highest BCUT2D eigenvalue weighted by atomic mass is 32.2. The van der Waals surface area contributed by atoms with Crippen LogP contribution in [0.5, 0.6) is 0 Å². The van der Waals surface area contributed by atoms with E-state index in [1.54, 1.807) is 24.3 Å². The first-order valence-corrected chi connectivity index (χ1v) is 9.72. The highest BCUT2D eigenvalue weighted by Gasteiger charge is 2.39. The molecular weight excluding hydrogens is 364 g/mol. The minimum Gasteiger partial charge on any atom is -0.453 e. The van der Waals surface area contributed by atoms with Crippen molar-refractivity contribution in [3.05, 3.63) is 83.0 Å². The molecule has 3 heterocycles. The highest BCUT2D eigenvalue weighted by Crippen LogP contribution is 2.36. The number of Topliss-reactive ketones (excluding diaryl/α,β-unsaturated/α-hetero) is 1. The van der Waals surface area contributed by atoms with Gasteiger partial charge < -0.3 is 8.83 Å². The van der Waals surface area contributed by atoms with Crippen LogP contribution in [-0.4, -0.2) is 14.2 Å². The van der Waals surface area contributed by atoms with Gasteiger partial charge in [-0.3, -0.25) is 4.79 Å². The van der Waals surface area contributed by atoms with E-state index in [0.29, 0.717) is 16.9 Å². The quantitative estimate of drug-likeness (QED) is 0.474. The van der Waals surface area contributed by atoms with Crippen molar-refractivity contribution in [3.63, 3.8) is 0 Å². The average molecular weight is 376 g/mol. The summed E-state index contributed by atoms with van der Waals surface area (Å²) in [6.07, 6.45) is 1.26. The van der Waals surface area contributed by atoms with Gasteiger partial charge >= 0.3 is 0 Å². The summed E-state index contributed by atoms with van der Waals surface area (Å²) < 4.78 is 36.7. The summed E-state index contributed by atoms with van der Waals surface area (Å²) in [4.78, 5) is 12.2. The molecule has 0 saturated carbocycles. The molecule has 0 atom stereocenters. The number of ketones is 1. The van der Waals surface area contributed by atoms with Crippen molar-refractivity contribution in [3.8, 4) is 11.3 Å². The molecule has 0 fully saturated rings. The van der Waals surface area contributed by atoms with Crippen LogP contribution in [0.25, 0.3) is 28.6 Å². The molecule has 27 heavy (non-hydrogen) atoms. The van der Waals surface area contributed by atoms with Crippen LogP contribution in [0.3, 0.4) is 0 Å². The lowest BCUT2D eigenvalue weighted by molar-refractivity contribution is 0.104. The summed E-state index contributed by atoms with van der Waals surface area (Å²) in [5.41, 5.74) is 2.07. The lowest BCUT2D eigenvalue weighted by atomic mass is 10.1. The van der Waals surface area contributed by atoms with Gasteiger partial charge in [-0.25, -0.2) is 8.42 Å². The molecule has 132 valence electrons. The number of carbonyl (C=O) groups excluding carboxylic acids is 1. The molecule has 0 bridgehead atoms. The van der Waals surface area contributed by atoms with Crippen LogP contribution in [-0.2, 0) is 9.84 Å². The molecule has 5 rings (SSSR count). The summed E-state index contributed by atoms with van der Waals surface area (Å²) in [5, 5.41) is 0. The predicted molar refractivity (Wildman–Crippen MR) is 99.9 cm³/mol. The van der Waals surface area contributed by atoms with Crippen LogP contribution in [0, 0.1) is 0 Å². The van der Waals surface area contributed by atoms with Gasteiger partial charge in [0.1, 0.15) is 16.4 Å². The van der Waals surface area contributed by atoms with E-state index in [0.717, 1.165) is 5.56 Å². The van der Waals surface area contributed by atoms with E-state index in [1.165, 1.54) is 18.2 Å². The largest absolute Gasteiger partial charge is 0.453 e. The van der Waals surface area contributed by atoms with Crippen LogP contribution in [0.1, 0.15) is 16.1 Å². The smallest absolute Gasteiger partial charge is 0.211 e. The zero-order valence-corrected chi connectivity index (χ0v) is 14.7. The number of furan rings is 2. The topological polar surface area (TPSA) is 77.5 Å². The first-order chi connectivity index (χ1) is 13.0. The Kier molecular flexibility index (Phi) is 3.26. The maximum atomic E-state index is 12.6. The zero-order valence-electron chi connectivity index (χ0n) is 13.9. The van der Waals surface area contributed by atoms with Crippen molar-refractivity contribution < 1.29 is 22.0 Å². The lowest BCUT2D eigenvalue weighted by Crippen LogP contribution is -2.01. The van der Waals surface area contributed by atoms with Gasteiger partial charge in [0.05, 0.1) is 4.90 Å². The van der Waals surface area contributed by atoms with Gasteiger partial charge in [0.25, 0.3) is 0 Å². The Hall–Kier alpha value is -3.38. The Morgan fingerprint density at radius 2 is 1.52 bits per heavy atom. The summed E-state index contributed by atoms with van der Waals surface area (Å²) in [6, 6.07) is 19.1. The standard InChI is InChI=1S/C21H12O5S/c22-21-15-8-4-5-9-19(15)27(23,24)20(21)11-14-10-17-18(25-14)12-16(26-17)13-6-2-1-3-7-13/h1-12H/b20-11+. The molecule has 0 radical (unpaired) electrons. The molecule has 1 aliphatic heterocycles. The van der Waals surface area contributed by atoms with E-state index in [1.807, 2.05) is 30.3 Å². The number of benzene rings is 2. The van der Waals surface area contributed by atoms with Gasteiger partial charge in [0, 0.05) is 29.3 Å². The number of rotatable bonds is 2. The summed E-state index contributed by atoms with van der Waals surface area (Å²) in [7, 11) is -3.84. The van der Waals surface area contributed by atoms with Gasteiger partial charge in [0.15, 0.2) is 11.2 Å². The van der Waals surface area contributed by atoms with E-state index in [4.69, 9.17) is 8.83 Å². The second-order valence-corrected chi connectivity index (χ2v) is 8.08. The molecule has 0 N–H and O–H groups in total. The van der Waals surface area contributed by atoms with Crippen molar-refractivity contribution in [1.82, 2.24) is 0 Å². The SMILES string of the molecule is O=C1/C(=C\c2cc3oc(-c4ccccc4)cc3o2)S(=O)(=O)c2ccccc21. The molecule has 2 aromatic carbocycles. The third-order valence-corrected chi connectivity index (χ3v) is 6.31. The van der Waals surface area contributed by atoms with Crippen LogP contribution in [0.15, 0.2) is 85.4 Å². The Labute approximate surface area is 154 Å².